The molecular weight excluding hydrogens is 188 g/mol. The number of para-hydroxylation sites is 1. The molecular formula is C11H16N4. The Kier molecular flexibility index (Phi) is 2.99. The summed E-state index contributed by atoms with van der Waals surface area (Å²) in [5.41, 5.74) is 5.45. The molecule has 0 saturated carbocycles. The Morgan fingerprint density at radius 3 is 3.07 bits per heavy atom. The van der Waals surface area contributed by atoms with E-state index in [0.717, 1.165) is 17.1 Å². The van der Waals surface area contributed by atoms with Gasteiger partial charge >= 0.3 is 0 Å². The molecule has 1 atom stereocenters. The van der Waals surface area contributed by atoms with Crippen molar-refractivity contribution < 1.29 is 0 Å². The molecule has 0 fully saturated rings. The second kappa shape index (κ2) is 4.42. The second-order valence-corrected chi connectivity index (χ2v) is 3.60. The predicted octanol–water partition coefficient (Wildman–Crippen LogP) is -1.18. The lowest BCUT2D eigenvalue weighted by Crippen LogP contribution is -2.48. The van der Waals surface area contributed by atoms with Gasteiger partial charge in [0.1, 0.15) is 0 Å². The number of fused-ring (bicyclic) bond motifs is 1. The van der Waals surface area contributed by atoms with Crippen LogP contribution in [0.2, 0.25) is 0 Å². The molecule has 15 heavy (non-hydrogen) atoms. The molecule has 1 aliphatic rings. The van der Waals surface area contributed by atoms with Gasteiger partial charge in [0.05, 0.1) is 5.36 Å². The summed E-state index contributed by atoms with van der Waals surface area (Å²) in [7, 11) is 2.01. The molecule has 1 aromatic rings. The molecule has 1 aliphatic heterocycles. The van der Waals surface area contributed by atoms with Crippen molar-refractivity contribution in [3.63, 3.8) is 0 Å². The third-order valence-corrected chi connectivity index (χ3v) is 2.40. The standard InChI is InChI=1S/C11H16N4/c1-15-8-9-4-2-3-5-10(9)14-11(15)13-7-6-12/h2-5,8,11,13H,6-7,12H2,1H3. The first kappa shape index (κ1) is 10.1. The van der Waals surface area contributed by atoms with E-state index in [2.05, 4.69) is 27.5 Å². The van der Waals surface area contributed by atoms with Crippen LogP contribution in [-0.4, -0.2) is 31.3 Å². The van der Waals surface area contributed by atoms with Gasteiger partial charge in [0.2, 0.25) is 0 Å². The molecule has 1 aromatic carbocycles. The maximum atomic E-state index is 5.45. The van der Waals surface area contributed by atoms with Gasteiger partial charge in [0.25, 0.3) is 0 Å². The van der Waals surface area contributed by atoms with Gasteiger partial charge in [-0.25, -0.2) is 4.99 Å². The van der Waals surface area contributed by atoms with E-state index in [1.807, 2.05) is 25.2 Å². The van der Waals surface area contributed by atoms with Crippen molar-refractivity contribution in [2.24, 2.45) is 10.7 Å². The molecule has 0 saturated heterocycles. The molecule has 0 amide bonds. The largest absolute Gasteiger partial charge is 0.346 e. The van der Waals surface area contributed by atoms with Gasteiger partial charge in [-0.1, -0.05) is 18.2 Å². The van der Waals surface area contributed by atoms with Gasteiger partial charge in [-0.2, -0.15) is 0 Å². The zero-order valence-corrected chi connectivity index (χ0v) is 8.85. The summed E-state index contributed by atoms with van der Waals surface area (Å²) in [6, 6.07) is 8.11. The Bertz CT molecular complexity index is 440. The third-order valence-electron chi connectivity index (χ3n) is 2.40. The summed E-state index contributed by atoms with van der Waals surface area (Å²) in [5, 5.41) is 5.46. The van der Waals surface area contributed by atoms with E-state index in [4.69, 9.17) is 5.73 Å². The van der Waals surface area contributed by atoms with E-state index in [0.29, 0.717) is 6.54 Å². The van der Waals surface area contributed by atoms with Crippen LogP contribution in [0.3, 0.4) is 0 Å². The zero-order chi connectivity index (χ0) is 10.7. The summed E-state index contributed by atoms with van der Waals surface area (Å²) in [5.74, 6) is 0. The first-order valence-corrected chi connectivity index (χ1v) is 5.11. The Hall–Kier alpha value is -1.39. The van der Waals surface area contributed by atoms with Crippen molar-refractivity contribution in [3.05, 3.63) is 34.8 Å². The minimum absolute atomic E-state index is 0.00319. The van der Waals surface area contributed by atoms with Crippen LogP contribution in [0.25, 0.3) is 6.20 Å². The van der Waals surface area contributed by atoms with E-state index in [9.17, 15) is 0 Å². The number of hydrogen-bond donors (Lipinski definition) is 2. The van der Waals surface area contributed by atoms with Crippen LogP contribution in [0.5, 0.6) is 0 Å². The normalized spacial score (nSPS) is 19.1. The van der Waals surface area contributed by atoms with E-state index >= 15 is 0 Å². The average Bonchev–Trinajstić information content (AvgIpc) is 2.26. The second-order valence-electron chi connectivity index (χ2n) is 3.60. The van der Waals surface area contributed by atoms with Crippen molar-refractivity contribution in [1.82, 2.24) is 10.2 Å². The maximum Gasteiger partial charge on any atom is 0.176 e. The number of nitrogens with zero attached hydrogens (tertiary/aromatic N) is 2. The van der Waals surface area contributed by atoms with Gasteiger partial charge in [0, 0.05) is 31.6 Å². The lowest BCUT2D eigenvalue weighted by atomic mass is 10.2. The van der Waals surface area contributed by atoms with Crippen molar-refractivity contribution in [3.8, 4) is 0 Å². The first-order chi connectivity index (χ1) is 7.31. The topological polar surface area (TPSA) is 53.6 Å². The van der Waals surface area contributed by atoms with E-state index in [-0.39, 0.29) is 6.29 Å². The fourth-order valence-electron chi connectivity index (χ4n) is 1.63. The number of benzene rings is 1. The molecule has 0 aromatic heterocycles. The third kappa shape index (κ3) is 2.16. The van der Waals surface area contributed by atoms with Crippen LogP contribution < -0.4 is 21.6 Å². The molecule has 0 spiro atoms. The zero-order valence-electron chi connectivity index (χ0n) is 8.85. The summed E-state index contributed by atoms with van der Waals surface area (Å²) in [6.07, 6.45) is 2.10. The molecule has 1 heterocycles. The molecule has 80 valence electrons. The molecule has 1 unspecified atom stereocenters. The highest BCUT2D eigenvalue weighted by molar-refractivity contribution is 5.24. The van der Waals surface area contributed by atoms with Crippen molar-refractivity contribution in [2.75, 3.05) is 20.1 Å². The Morgan fingerprint density at radius 2 is 2.27 bits per heavy atom. The van der Waals surface area contributed by atoms with Crippen LogP contribution in [0, 0.1) is 0 Å². The van der Waals surface area contributed by atoms with E-state index in [1.54, 1.807) is 0 Å². The Morgan fingerprint density at radius 1 is 1.47 bits per heavy atom. The van der Waals surface area contributed by atoms with Crippen LogP contribution in [-0.2, 0) is 0 Å². The van der Waals surface area contributed by atoms with Crippen molar-refractivity contribution >= 4 is 6.20 Å². The van der Waals surface area contributed by atoms with Gasteiger partial charge in [-0.15, -0.1) is 0 Å². The molecule has 0 bridgehead atoms. The highest BCUT2D eigenvalue weighted by Gasteiger charge is 2.11. The quantitative estimate of drug-likeness (QED) is 0.652. The SMILES string of the molecule is CN1C=c2ccccc2=NC1NCCN. The Labute approximate surface area is 89.1 Å². The summed E-state index contributed by atoms with van der Waals surface area (Å²) < 4.78 is 0. The van der Waals surface area contributed by atoms with E-state index in [1.165, 1.54) is 0 Å². The summed E-state index contributed by atoms with van der Waals surface area (Å²) in [4.78, 5) is 6.65. The minimum atomic E-state index is 0.00319. The molecule has 3 N–H and O–H groups in total. The molecule has 0 aliphatic carbocycles. The predicted molar refractivity (Wildman–Crippen MR) is 60.3 cm³/mol. The van der Waals surface area contributed by atoms with Crippen LogP contribution in [0.1, 0.15) is 0 Å². The minimum Gasteiger partial charge on any atom is -0.346 e. The highest BCUT2D eigenvalue weighted by atomic mass is 15.3. The monoisotopic (exact) mass is 204 g/mol. The van der Waals surface area contributed by atoms with Crippen LogP contribution in [0.15, 0.2) is 29.3 Å². The number of hydrogen-bond acceptors (Lipinski definition) is 4. The molecule has 4 heteroatoms. The number of rotatable bonds is 3. The smallest absolute Gasteiger partial charge is 0.176 e. The van der Waals surface area contributed by atoms with Crippen LogP contribution in [0.4, 0.5) is 0 Å². The lowest BCUT2D eigenvalue weighted by Gasteiger charge is -2.26. The average molecular weight is 204 g/mol. The summed E-state index contributed by atoms with van der Waals surface area (Å²) in [6.45, 7) is 1.40. The van der Waals surface area contributed by atoms with Gasteiger partial charge in [0.15, 0.2) is 6.29 Å². The first-order valence-electron chi connectivity index (χ1n) is 5.11. The Balaban J connectivity index is 2.30. The molecule has 2 rings (SSSR count). The van der Waals surface area contributed by atoms with Crippen LogP contribution >= 0.6 is 0 Å². The maximum absolute atomic E-state index is 5.45. The van der Waals surface area contributed by atoms with Gasteiger partial charge in [-0.05, 0) is 6.07 Å². The number of nitrogens with one attached hydrogen (secondary N) is 1. The van der Waals surface area contributed by atoms with Crippen molar-refractivity contribution in [2.45, 2.75) is 6.29 Å². The van der Waals surface area contributed by atoms with Gasteiger partial charge < -0.3 is 10.6 Å². The fraction of sp³-hybridized carbons (Fsp3) is 0.364. The lowest BCUT2D eigenvalue weighted by molar-refractivity contribution is 0.300. The molecule has 0 radical (unpaired) electrons. The summed E-state index contributed by atoms with van der Waals surface area (Å²) >= 11 is 0. The fourth-order valence-corrected chi connectivity index (χ4v) is 1.63. The van der Waals surface area contributed by atoms with E-state index < -0.39 is 0 Å². The number of nitrogens with two attached hydrogens (primary N) is 1. The van der Waals surface area contributed by atoms with Gasteiger partial charge in [-0.3, -0.25) is 5.32 Å². The highest BCUT2D eigenvalue weighted by Crippen LogP contribution is 1.96. The molecule has 4 nitrogen and oxygen atoms in total. The van der Waals surface area contributed by atoms with Crippen molar-refractivity contribution in [1.29, 1.82) is 0 Å².